The molecule has 0 unspecified atom stereocenters. The van der Waals surface area contributed by atoms with Gasteiger partial charge in [-0.25, -0.2) is 18.2 Å². The molecule has 0 atom stereocenters. The van der Waals surface area contributed by atoms with Crippen molar-refractivity contribution in [3.8, 4) is 11.4 Å². The Balaban J connectivity index is 1.54. The van der Waals surface area contributed by atoms with Gasteiger partial charge in [0.2, 0.25) is 0 Å². The number of hydrogen-bond donors (Lipinski definition) is 1. The molecule has 0 saturated carbocycles. The Morgan fingerprint density at radius 3 is 2.60 bits per heavy atom. The number of anilines is 1. The fourth-order valence-corrected chi connectivity index (χ4v) is 3.52. The summed E-state index contributed by atoms with van der Waals surface area (Å²) in [7, 11) is 0. The summed E-state index contributed by atoms with van der Waals surface area (Å²) in [6.07, 6.45) is 10.4. The van der Waals surface area contributed by atoms with Gasteiger partial charge in [-0.2, -0.15) is 0 Å². The largest absolute Gasteiger partial charge is 0.355 e. The quantitative estimate of drug-likeness (QED) is 0.287. The fourth-order valence-electron chi connectivity index (χ4n) is 3.52. The van der Waals surface area contributed by atoms with Crippen molar-refractivity contribution < 1.29 is 13.2 Å². The average Bonchev–Trinajstić information content (AvgIpc) is 3.30. The van der Waals surface area contributed by atoms with Crippen LogP contribution in [0, 0.1) is 24.4 Å². The summed E-state index contributed by atoms with van der Waals surface area (Å²) in [4.78, 5) is 8.65. The summed E-state index contributed by atoms with van der Waals surface area (Å²) < 4.78 is 42.6. The SMILES string of the molecule is C=C(Nc1ccc(F)cc1)c1cc(/C(C)=C/C=C\n2ccnc2-c2cccc(F)c2F)cnc1C. The van der Waals surface area contributed by atoms with E-state index >= 15 is 0 Å². The van der Waals surface area contributed by atoms with Gasteiger partial charge in [-0.3, -0.25) is 4.98 Å². The maximum absolute atomic E-state index is 14.2. The minimum absolute atomic E-state index is 0.0832. The van der Waals surface area contributed by atoms with Crippen molar-refractivity contribution in [2.24, 2.45) is 0 Å². The first-order valence-electron chi connectivity index (χ1n) is 10.8. The maximum atomic E-state index is 14.2. The first-order valence-corrected chi connectivity index (χ1v) is 10.8. The van der Waals surface area contributed by atoms with Gasteiger partial charge in [-0.1, -0.05) is 18.7 Å². The van der Waals surface area contributed by atoms with Crippen molar-refractivity contribution in [3.63, 3.8) is 0 Å². The highest BCUT2D eigenvalue weighted by molar-refractivity contribution is 5.78. The number of benzene rings is 2. The van der Waals surface area contributed by atoms with Gasteiger partial charge in [0.25, 0.3) is 0 Å². The summed E-state index contributed by atoms with van der Waals surface area (Å²) in [5.74, 6) is -1.87. The summed E-state index contributed by atoms with van der Waals surface area (Å²) in [6, 6.07) is 12.0. The third-order valence-electron chi connectivity index (χ3n) is 5.46. The highest BCUT2D eigenvalue weighted by Gasteiger charge is 2.13. The number of aryl methyl sites for hydroxylation is 1. The Hall–Kier alpha value is -4.39. The molecule has 0 radical (unpaired) electrons. The highest BCUT2D eigenvalue weighted by atomic mass is 19.2. The van der Waals surface area contributed by atoms with Gasteiger partial charge in [-0.05, 0) is 73.5 Å². The number of halogens is 3. The molecule has 1 N–H and O–H groups in total. The van der Waals surface area contributed by atoms with Crippen LogP contribution < -0.4 is 5.32 Å². The predicted octanol–water partition coefficient (Wildman–Crippen LogP) is 7.33. The van der Waals surface area contributed by atoms with Crippen LogP contribution in [0.15, 0.2) is 85.9 Å². The van der Waals surface area contributed by atoms with E-state index in [9.17, 15) is 13.2 Å². The first kappa shape index (κ1) is 23.8. The standard InChI is InChI=1S/C28H23F3N4/c1-18(6-5-14-35-15-13-32-28(35)24-7-4-8-26(30)27(24)31)21-16-25(19(2)33-17-21)20(3)34-23-11-9-22(29)10-12-23/h4-17,34H,3H2,1-2H3/b14-5-,18-6+. The lowest BCUT2D eigenvalue weighted by atomic mass is 10.0. The smallest absolute Gasteiger partial charge is 0.169 e. The second kappa shape index (κ2) is 10.3. The maximum Gasteiger partial charge on any atom is 0.169 e. The molecule has 0 aliphatic rings. The Morgan fingerprint density at radius 1 is 1.06 bits per heavy atom. The van der Waals surface area contributed by atoms with Gasteiger partial charge in [0.05, 0.1) is 5.56 Å². The van der Waals surface area contributed by atoms with Crippen molar-refractivity contribution in [1.82, 2.24) is 14.5 Å². The van der Waals surface area contributed by atoms with Crippen LogP contribution in [-0.4, -0.2) is 14.5 Å². The van der Waals surface area contributed by atoms with Crippen molar-refractivity contribution in [2.45, 2.75) is 13.8 Å². The number of aromatic nitrogens is 3. The van der Waals surface area contributed by atoms with Crippen LogP contribution in [0.1, 0.15) is 23.7 Å². The van der Waals surface area contributed by atoms with E-state index in [1.165, 1.54) is 30.5 Å². The number of nitrogens with one attached hydrogen (secondary N) is 1. The number of hydrogen-bond acceptors (Lipinski definition) is 3. The average molecular weight is 473 g/mol. The van der Waals surface area contributed by atoms with Gasteiger partial charge >= 0.3 is 0 Å². The zero-order chi connectivity index (χ0) is 24.9. The number of imidazole rings is 1. The lowest BCUT2D eigenvalue weighted by Crippen LogP contribution is -2.02. The summed E-state index contributed by atoms with van der Waals surface area (Å²) in [5.41, 5.74) is 4.91. The monoisotopic (exact) mass is 472 g/mol. The molecule has 0 spiro atoms. The molecule has 0 aliphatic heterocycles. The Bertz CT molecular complexity index is 1430. The van der Waals surface area contributed by atoms with E-state index in [1.54, 1.807) is 41.4 Å². The highest BCUT2D eigenvalue weighted by Crippen LogP contribution is 2.25. The molecule has 0 bridgehead atoms. The lowest BCUT2D eigenvalue weighted by Gasteiger charge is -2.13. The molecule has 2 aromatic heterocycles. The van der Waals surface area contributed by atoms with Gasteiger partial charge in [0, 0.05) is 47.4 Å². The molecule has 176 valence electrons. The van der Waals surface area contributed by atoms with Crippen LogP contribution in [0.5, 0.6) is 0 Å². The molecule has 0 amide bonds. The van der Waals surface area contributed by atoms with Crippen LogP contribution >= 0.6 is 0 Å². The third-order valence-corrected chi connectivity index (χ3v) is 5.46. The third kappa shape index (κ3) is 5.41. The molecule has 0 fully saturated rings. The molecule has 4 aromatic rings. The Kier molecular flexibility index (Phi) is 6.96. The number of pyridine rings is 1. The van der Waals surface area contributed by atoms with Crippen molar-refractivity contribution >= 4 is 23.2 Å². The normalized spacial score (nSPS) is 11.7. The van der Waals surface area contributed by atoms with E-state index in [0.717, 1.165) is 34.1 Å². The van der Waals surface area contributed by atoms with Crippen molar-refractivity contribution in [1.29, 1.82) is 0 Å². The topological polar surface area (TPSA) is 42.7 Å². The summed E-state index contributed by atoms with van der Waals surface area (Å²) in [6.45, 7) is 7.94. The molecule has 4 nitrogen and oxygen atoms in total. The van der Waals surface area contributed by atoms with E-state index in [4.69, 9.17) is 0 Å². The minimum Gasteiger partial charge on any atom is -0.355 e. The van der Waals surface area contributed by atoms with Crippen LogP contribution in [0.4, 0.5) is 18.9 Å². The molecule has 0 aliphatic carbocycles. The molecular formula is C28H23F3N4. The van der Waals surface area contributed by atoms with Crippen molar-refractivity contribution in [2.75, 3.05) is 5.32 Å². The van der Waals surface area contributed by atoms with Gasteiger partial charge in [-0.15, -0.1) is 0 Å². The van der Waals surface area contributed by atoms with E-state index in [1.807, 2.05) is 26.0 Å². The lowest BCUT2D eigenvalue weighted by molar-refractivity contribution is 0.510. The Labute approximate surface area is 201 Å². The summed E-state index contributed by atoms with van der Waals surface area (Å²) >= 11 is 0. The van der Waals surface area contributed by atoms with Crippen LogP contribution in [0.25, 0.3) is 28.9 Å². The number of nitrogens with zero attached hydrogens (tertiary/aromatic N) is 3. The zero-order valence-corrected chi connectivity index (χ0v) is 19.3. The Morgan fingerprint density at radius 2 is 1.83 bits per heavy atom. The second-order valence-electron chi connectivity index (χ2n) is 7.92. The summed E-state index contributed by atoms with van der Waals surface area (Å²) in [5, 5.41) is 3.18. The second-order valence-corrected chi connectivity index (χ2v) is 7.92. The molecule has 35 heavy (non-hydrogen) atoms. The minimum atomic E-state index is -0.937. The predicted molar refractivity (Wildman–Crippen MR) is 135 cm³/mol. The molecule has 0 saturated heterocycles. The van der Waals surface area contributed by atoms with Gasteiger partial charge in [0.1, 0.15) is 11.6 Å². The van der Waals surface area contributed by atoms with E-state index in [2.05, 4.69) is 21.9 Å². The van der Waals surface area contributed by atoms with Crippen LogP contribution in [-0.2, 0) is 0 Å². The van der Waals surface area contributed by atoms with E-state index in [0.29, 0.717) is 11.5 Å². The molecule has 2 heterocycles. The fraction of sp³-hybridized carbons (Fsp3) is 0.0714. The van der Waals surface area contributed by atoms with Crippen LogP contribution in [0.2, 0.25) is 0 Å². The van der Waals surface area contributed by atoms with E-state index in [-0.39, 0.29) is 11.4 Å². The first-order chi connectivity index (χ1) is 16.8. The molecule has 2 aromatic carbocycles. The van der Waals surface area contributed by atoms with E-state index < -0.39 is 11.6 Å². The number of allylic oxidation sites excluding steroid dienone is 3. The van der Waals surface area contributed by atoms with Crippen molar-refractivity contribution in [3.05, 3.63) is 120 Å². The molecular weight excluding hydrogens is 449 g/mol. The molecule has 4 rings (SSSR count). The van der Waals surface area contributed by atoms with Gasteiger partial charge < -0.3 is 9.88 Å². The van der Waals surface area contributed by atoms with Gasteiger partial charge in [0.15, 0.2) is 11.6 Å². The zero-order valence-electron chi connectivity index (χ0n) is 19.3. The number of rotatable bonds is 7. The molecule has 7 heteroatoms. The van der Waals surface area contributed by atoms with Crippen LogP contribution in [0.3, 0.4) is 0 Å².